The second-order valence-electron chi connectivity index (χ2n) is 4.45. The molecular formula is C16H18N2O2. The lowest BCUT2D eigenvalue weighted by Crippen LogP contribution is -2.33. The molecule has 4 heteroatoms. The maximum Gasteiger partial charge on any atom is 0.241 e. The van der Waals surface area contributed by atoms with E-state index >= 15 is 0 Å². The van der Waals surface area contributed by atoms with Crippen LogP contribution in [0.15, 0.2) is 54.6 Å². The fraction of sp³-hybridized carbons (Fsp3) is 0.188. The smallest absolute Gasteiger partial charge is 0.241 e. The first kappa shape index (κ1) is 14.1. The molecule has 104 valence electrons. The van der Waals surface area contributed by atoms with Crippen LogP contribution in [0.25, 0.3) is 0 Å². The summed E-state index contributed by atoms with van der Waals surface area (Å²) >= 11 is 0. The van der Waals surface area contributed by atoms with Gasteiger partial charge in [-0.3, -0.25) is 4.79 Å². The lowest BCUT2D eigenvalue weighted by molar-refractivity contribution is -0.122. The average Bonchev–Trinajstić information content (AvgIpc) is 2.53. The molecule has 2 aromatic rings. The van der Waals surface area contributed by atoms with Gasteiger partial charge in [0.1, 0.15) is 11.8 Å². The van der Waals surface area contributed by atoms with Crippen molar-refractivity contribution in [3.63, 3.8) is 0 Å². The van der Waals surface area contributed by atoms with Crippen LogP contribution in [0, 0.1) is 0 Å². The summed E-state index contributed by atoms with van der Waals surface area (Å²) in [4.78, 5) is 12.0. The first-order valence-corrected chi connectivity index (χ1v) is 6.42. The number of nitrogens with two attached hydrogens (primary N) is 1. The fourth-order valence-corrected chi connectivity index (χ4v) is 1.86. The summed E-state index contributed by atoms with van der Waals surface area (Å²) in [6.45, 7) is 0.476. The van der Waals surface area contributed by atoms with Crippen molar-refractivity contribution in [1.29, 1.82) is 0 Å². The molecule has 2 aromatic carbocycles. The van der Waals surface area contributed by atoms with Crippen LogP contribution in [0.2, 0.25) is 0 Å². The summed E-state index contributed by atoms with van der Waals surface area (Å²) in [5.74, 6) is 0.546. The van der Waals surface area contributed by atoms with Crippen LogP contribution < -0.4 is 15.8 Å². The Kier molecular flexibility index (Phi) is 4.74. The Bertz CT molecular complexity index is 552. The van der Waals surface area contributed by atoms with Crippen molar-refractivity contribution in [2.45, 2.75) is 12.6 Å². The molecule has 0 aliphatic carbocycles. The molecule has 0 bridgehead atoms. The highest BCUT2D eigenvalue weighted by Crippen LogP contribution is 2.16. The van der Waals surface area contributed by atoms with Gasteiger partial charge >= 0.3 is 0 Å². The molecule has 0 aromatic heterocycles. The lowest BCUT2D eigenvalue weighted by atomic mass is 10.1. The summed E-state index contributed by atoms with van der Waals surface area (Å²) in [6, 6.07) is 16.2. The number of carbonyl (C=O) groups is 1. The van der Waals surface area contributed by atoms with Gasteiger partial charge in [0.25, 0.3) is 0 Å². The summed E-state index contributed by atoms with van der Waals surface area (Å²) in [6.07, 6.45) is 0. The molecule has 1 atom stereocenters. The Morgan fingerprint density at radius 1 is 1.15 bits per heavy atom. The molecule has 0 aliphatic heterocycles. The predicted molar refractivity (Wildman–Crippen MR) is 78.2 cm³/mol. The average molecular weight is 270 g/mol. The largest absolute Gasteiger partial charge is 0.497 e. The first-order valence-electron chi connectivity index (χ1n) is 6.42. The summed E-state index contributed by atoms with van der Waals surface area (Å²) in [7, 11) is 1.60. The number of benzene rings is 2. The van der Waals surface area contributed by atoms with E-state index < -0.39 is 6.04 Å². The van der Waals surface area contributed by atoms with Crippen molar-refractivity contribution >= 4 is 5.91 Å². The highest BCUT2D eigenvalue weighted by molar-refractivity contribution is 5.82. The Hall–Kier alpha value is -2.33. The van der Waals surface area contributed by atoms with E-state index in [2.05, 4.69) is 5.32 Å². The van der Waals surface area contributed by atoms with E-state index in [0.717, 1.165) is 16.9 Å². The normalized spacial score (nSPS) is 11.7. The van der Waals surface area contributed by atoms with Gasteiger partial charge in [-0.05, 0) is 23.3 Å². The standard InChI is InChI=1S/C16H18N2O2/c1-20-14-9-7-13(8-10-14)15(17)16(19)18-11-12-5-3-2-4-6-12/h2-10,15H,11,17H2,1H3,(H,18,19)/t15-/m0/s1. The maximum atomic E-state index is 12.0. The minimum absolute atomic E-state index is 0.195. The van der Waals surface area contributed by atoms with Gasteiger partial charge in [0.2, 0.25) is 5.91 Å². The lowest BCUT2D eigenvalue weighted by Gasteiger charge is -2.13. The number of methoxy groups -OCH3 is 1. The van der Waals surface area contributed by atoms with Gasteiger partial charge < -0.3 is 15.8 Å². The molecule has 0 heterocycles. The molecule has 0 aliphatic rings. The van der Waals surface area contributed by atoms with E-state index in [1.54, 1.807) is 31.4 Å². The monoisotopic (exact) mass is 270 g/mol. The van der Waals surface area contributed by atoms with E-state index in [0.29, 0.717) is 6.54 Å². The Balaban J connectivity index is 1.94. The molecule has 3 N–H and O–H groups in total. The molecule has 0 unspecified atom stereocenters. The van der Waals surface area contributed by atoms with Crippen LogP contribution in [0.1, 0.15) is 17.2 Å². The number of amides is 1. The van der Waals surface area contributed by atoms with Gasteiger partial charge in [-0.25, -0.2) is 0 Å². The topological polar surface area (TPSA) is 64.3 Å². The molecule has 2 rings (SSSR count). The highest BCUT2D eigenvalue weighted by Gasteiger charge is 2.15. The van der Waals surface area contributed by atoms with Crippen molar-refractivity contribution in [3.8, 4) is 5.75 Å². The Labute approximate surface area is 118 Å². The van der Waals surface area contributed by atoms with Crippen molar-refractivity contribution in [1.82, 2.24) is 5.32 Å². The van der Waals surface area contributed by atoms with Crippen LogP contribution >= 0.6 is 0 Å². The van der Waals surface area contributed by atoms with E-state index in [1.165, 1.54) is 0 Å². The number of carbonyl (C=O) groups excluding carboxylic acids is 1. The number of nitrogens with one attached hydrogen (secondary N) is 1. The summed E-state index contributed by atoms with van der Waals surface area (Å²) in [5.41, 5.74) is 7.75. The van der Waals surface area contributed by atoms with Crippen molar-refractivity contribution in [3.05, 3.63) is 65.7 Å². The molecule has 20 heavy (non-hydrogen) atoms. The van der Waals surface area contributed by atoms with Crippen molar-refractivity contribution < 1.29 is 9.53 Å². The molecule has 0 saturated carbocycles. The zero-order valence-corrected chi connectivity index (χ0v) is 11.4. The molecule has 0 saturated heterocycles. The van der Waals surface area contributed by atoms with Crippen LogP contribution in [0.4, 0.5) is 0 Å². The quantitative estimate of drug-likeness (QED) is 0.873. The van der Waals surface area contributed by atoms with Crippen LogP contribution in [0.5, 0.6) is 5.75 Å². The van der Waals surface area contributed by atoms with E-state index in [4.69, 9.17) is 10.5 Å². The third kappa shape index (κ3) is 3.59. The maximum absolute atomic E-state index is 12.0. The van der Waals surface area contributed by atoms with Crippen LogP contribution in [-0.4, -0.2) is 13.0 Å². The van der Waals surface area contributed by atoms with E-state index in [-0.39, 0.29) is 5.91 Å². The van der Waals surface area contributed by atoms with E-state index in [9.17, 15) is 4.79 Å². The zero-order chi connectivity index (χ0) is 14.4. The van der Waals surface area contributed by atoms with Crippen LogP contribution in [-0.2, 0) is 11.3 Å². The number of ether oxygens (including phenoxy) is 1. The zero-order valence-electron chi connectivity index (χ0n) is 11.4. The summed E-state index contributed by atoms with van der Waals surface area (Å²) in [5, 5.41) is 2.83. The summed E-state index contributed by atoms with van der Waals surface area (Å²) < 4.78 is 5.07. The third-order valence-corrected chi connectivity index (χ3v) is 3.07. The first-order chi connectivity index (χ1) is 9.70. The molecule has 1 amide bonds. The second-order valence-corrected chi connectivity index (χ2v) is 4.45. The SMILES string of the molecule is COc1ccc([C@H](N)C(=O)NCc2ccccc2)cc1. The highest BCUT2D eigenvalue weighted by atomic mass is 16.5. The van der Waals surface area contributed by atoms with Gasteiger partial charge in [0.15, 0.2) is 0 Å². The van der Waals surface area contributed by atoms with Crippen LogP contribution in [0.3, 0.4) is 0 Å². The van der Waals surface area contributed by atoms with Gasteiger partial charge in [-0.2, -0.15) is 0 Å². The minimum Gasteiger partial charge on any atom is -0.497 e. The van der Waals surface area contributed by atoms with Crippen molar-refractivity contribution in [2.24, 2.45) is 5.73 Å². The molecule has 0 fully saturated rings. The van der Waals surface area contributed by atoms with Crippen molar-refractivity contribution in [2.75, 3.05) is 7.11 Å². The Morgan fingerprint density at radius 3 is 2.40 bits per heavy atom. The second kappa shape index (κ2) is 6.73. The van der Waals surface area contributed by atoms with E-state index in [1.807, 2.05) is 30.3 Å². The number of hydrogen-bond donors (Lipinski definition) is 2. The van der Waals surface area contributed by atoms with Gasteiger partial charge in [-0.1, -0.05) is 42.5 Å². The predicted octanol–water partition coefficient (Wildman–Crippen LogP) is 2.01. The van der Waals surface area contributed by atoms with Gasteiger partial charge in [-0.15, -0.1) is 0 Å². The number of rotatable bonds is 5. The Morgan fingerprint density at radius 2 is 1.80 bits per heavy atom. The minimum atomic E-state index is -0.676. The molecule has 0 spiro atoms. The third-order valence-electron chi connectivity index (χ3n) is 3.07. The molecule has 0 radical (unpaired) electrons. The molecular weight excluding hydrogens is 252 g/mol. The van der Waals surface area contributed by atoms with Gasteiger partial charge in [0.05, 0.1) is 7.11 Å². The fourth-order valence-electron chi connectivity index (χ4n) is 1.86. The number of hydrogen-bond acceptors (Lipinski definition) is 3. The van der Waals surface area contributed by atoms with Gasteiger partial charge in [0, 0.05) is 6.54 Å². The molecule has 4 nitrogen and oxygen atoms in total.